The molecule has 1 aromatic carbocycles. The van der Waals surface area contributed by atoms with Gasteiger partial charge in [0.15, 0.2) is 0 Å². The first-order chi connectivity index (χ1) is 14.7. The van der Waals surface area contributed by atoms with E-state index in [0.29, 0.717) is 17.3 Å². The molecular weight excluding hydrogens is 376 g/mol. The summed E-state index contributed by atoms with van der Waals surface area (Å²) in [6.45, 7) is 2.94. The predicted octanol–water partition coefficient (Wildman–Crippen LogP) is 4.28. The van der Waals surface area contributed by atoms with Gasteiger partial charge in [0.1, 0.15) is 17.2 Å². The summed E-state index contributed by atoms with van der Waals surface area (Å²) >= 11 is 0. The van der Waals surface area contributed by atoms with E-state index in [9.17, 15) is 4.79 Å². The summed E-state index contributed by atoms with van der Waals surface area (Å²) in [5.41, 5.74) is 5.06. The van der Waals surface area contributed by atoms with Gasteiger partial charge in [-0.1, -0.05) is 12.1 Å². The number of pyridine rings is 1. The van der Waals surface area contributed by atoms with Crippen LogP contribution in [0.5, 0.6) is 0 Å². The van der Waals surface area contributed by atoms with Crippen molar-refractivity contribution in [1.29, 1.82) is 0 Å². The maximum Gasteiger partial charge on any atom is 0.341 e. The average molecular weight is 405 g/mol. The van der Waals surface area contributed by atoms with Crippen molar-refractivity contribution in [3.8, 4) is 0 Å². The number of hydrogen-bond donors (Lipinski definition) is 1. The van der Waals surface area contributed by atoms with Crippen LogP contribution in [0.4, 0.5) is 11.5 Å². The number of aromatic nitrogens is 1. The maximum absolute atomic E-state index is 12.4. The highest BCUT2D eigenvalue weighted by Crippen LogP contribution is 2.41. The Morgan fingerprint density at radius 2 is 2.03 bits per heavy atom. The molecule has 0 radical (unpaired) electrons. The number of nitrogens with zero attached hydrogens (tertiary/aromatic N) is 3. The lowest BCUT2D eigenvalue weighted by Crippen LogP contribution is -2.38. The molecule has 2 aromatic rings. The highest BCUT2D eigenvalue weighted by atomic mass is 16.5. The second kappa shape index (κ2) is 8.09. The van der Waals surface area contributed by atoms with Crippen molar-refractivity contribution in [3.63, 3.8) is 0 Å². The van der Waals surface area contributed by atoms with E-state index >= 15 is 0 Å². The van der Waals surface area contributed by atoms with Crippen molar-refractivity contribution < 1.29 is 9.53 Å². The molecule has 30 heavy (non-hydrogen) atoms. The smallest absolute Gasteiger partial charge is 0.341 e. The summed E-state index contributed by atoms with van der Waals surface area (Å²) < 4.78 is 5.03. The first-order valence-corrected chi connectivity index (χ1v) is 11.0. The first kappa shape index (κ1) is 19.1. The van der Waals surface area contributed by atoms with Crippen LogP contribution >= 0.6 is 0 Å². The molecule has 1 saturated heterocycles. The number of rotatable bonds is 4. The summed E-state index contributed by atoms with van der Waals surface area (Å²) in [6, 6.07) is 8.23. The Bertz CT molecular complexity index is 991. The summed E-state index contributed by atoms with van der Waals surface area (Å²) in [7, 11) is 1.42. The summed E-state index contributed by atoms with van der Waals surface area (Å²) in [5.74, 6) is 1.85. The van der Waals surface area contributed by atoms with Crippen molar-refractivity contribution in [3.05, 3.63) is 52.7 Å². The van der Waals surface area contributed by atoms with Gasteiger partial charge in [0.05, 0.1) is 7.11 Å². The zero-order chi connectivity index (χ0) is 20.5. The van der Waals surface area contributed by atoms with Gasteiger partial charge in [-0.15, -0.1) is 0 Å². The molecule has 0 unspecified atom stereocenters. The number of anilines is 2. The number of hydrogen-bond acceptors (Lipinski definition) is 6. The normalized spacial score (nSPS) is 18.4. The van der Waals surface area contributed by atoms with E-state index in [0.717, 1.165) is 43.1 Å². The van der Waals surface area contributed by atoms with Crippen LogP contribution in [0, 0.1) is 0 Å². The molecule has 156 valence electrons. The Morgan fingerprint density at radius 3 is 2.80 bits per heavy atom. The van der Waals surface area contributed by atoms with E-state index in [1.165, 1.54) is 50.3 Å². The third kappa shape index (κ3) is 3.66. The van der Waals surface area contributed by atoms with Crippen LogP contribution in [0.3, 0.4) is 0 Å². The molecule has 1 aromatic heterocycles. The van der Waals surface area contributed by atoms with Gasteiger partial charge < -0.3 is 15.0 Å². The van der Waals surface area contributed by atoms with E-state index in [2.05, 4.69) is 33.4 Å². The van der Waals surface area contributed by atoms with Crippen molar-refractivity contribution in [1.82, 2.24) is 9.88 Å². The minimum atomic E-state index is -0.354. The van der Waals surface area contributed by atoms with Gasteiger partial charge in [0.2, 0.25) is 0 Å². The Labute approximate surface area is 177 Å². The number of benzene rings is 1. The molecule has 1 saturated carbocycles. The second-order valence-corrected chi connectivity index (χ2v) is 8.39. The summed E-state index contributed by atoms with van der Waals surface area (Å²) in [4.78, 5) is 24.3. The van der Waals surface area contributed by atoms with Crippen LogP contribution in [0.1, 0.15) is 65.1 Å². The maximum atomic E-state index is 12.4. The minimum absolute atomic E-state index is 0.354. The van der Waals surface area contributed by atoms with E-state index in [4.69, 9.17) is 9.73 Å². The number of piperidine rings is 1. The number of fused-ring (bicyclic) bond motifs is 1. The lowest BCUT2D eigenvalue weighted by molar-refractivity contribution is 0.0601. The van der Waals surface area contributed by atoms with E-state index in [-0.39, 0.29) is 5.97 Å². The fourth-order valence-electron chi connectivity index (χ4n) is 4.53. The third-order valence-electron chi connectivity index (χ3n) is 6.31. The van der Waals surface area contributed by atoms with Crippen LogP contribution in [-0.2, 0) is 11.2 Å². The topological polar surface area (TPSA) is 66.8 Å². The van der Waals surface area contributed by atoms with Crippen molar-refractivity contribution in [2.45, 2.75) is 44.4 Å². The molecule has 0 bridgehead atoms. The van der Waals surface area contributed by atoms with Gasteiger partial charge in [-0.05, 0) is 67.7 Å². The van der Waals surface area contributed by atoms with E-state index in [1.807, 2.05) is 12.3 Å². The SMILES string of the molecule is COC(=O)c1cc(C2CC2)cnc1Nc1cccc2c1CCN=C2N1CCCCC1. The van der Waals surface area contributed by atoms with Gasteiger partial charge in [0.25, 0.3) is 0 Å². The van der Waals surface area contributed by atoms with Gasteiger partial charge >= 0.3 is 5.97 Å². The van der Waals surface area contributed by atoms with Crippen LogP contribution in [0.25, 0.3) is 0 Å². The zero-order valence-electron chi connectivity index (χ0n) is 17.5. The highest BCUT2D eigenvalue weighted by molar-refractivity contribution is 6.02. The summed E-state index contributed by atoms with van der Waals surface area (Å²) in [5, 5.41) is 3.44. The molecule has 1 aliphatic carbocycles. The Morgan fingerprint density at radius 1 is 1.20 bits per heavy atom. The largest absolute Gasteiger partial charge is 0.465 e. The van der Waals surface area contributed by atoms with Crippen LogP contribution in [-0.4, -0.2) is 48.4 Å². The average Bonchev–Trinajstić information content (AvgIpc) is 3.65. The highest BCUT2D eigenvalue weighted by Gasteiger charge is 2.27. The number of nitrogens with one attached hydrogen (secondary N) is 1. The van der Waals surface area contributed by atoms with Gasteiger partial charge in [-0.25, -0.2) is 9.78 Å². The molecule has 0 spiro atoms. The van der Waals surface area contributed by atoms with E-state index < -0.39 is 0 Å². The second-order valence-electron chi connectivity index (χ2n) is 8.39. The number of carbonyl (C=O) groups excluding carboxylic acids is 1. The number of likely N-dealkylation sites (tertiary alicyclic amines) is 1. The first-order valence-electron chi connectivity index (χ1n) is 11.0. The molecule has 0 amide bonds. The van der Waals surface area contributed by atoms with Crippen molar-refractivity contribution in [2.75, 3.05) is 32.1 Å². The Kier molecular flexibility index (Phi) is 5.15. The zero-order valence-corrected chi connectivity index (χ0v) is 17.5. The quantitative estimate of drug-likeness (QED) is 0.771. The fourth-order valence-corrected chi connectivity index (χ4v) is 4.53. The lowest BCUT2D eigenvalue weighted by atomic mass is 9.97. The van der Waals surface area contributed by atoms with Gasteiger partial charge in [-0.3, -0.25) is 4.99 Å². The Balaban J connectivity index is 1.48. The monoisotopic (exact) mass is 404 g/mol. The van der Waals surface area contributed by atoms with Crippen LogP contribution < -0.4 is 5.32 Å². The fraction of sp³-hybridized carbons (Fsp3) is 0.458. The third-order valence-corrected chi connectivity index (χ3v) is 6.31. The molecule has 1 N–H and O–H groups in total. The minimum Gasteiger partial charge on any atom is -0.465 e. The predicted molar refractivity (Wildman–Crippen MR) is 118 cm³/mol. The molecule has 3 heterocycles. The van der Waals surface area contributed by atoms with Gasteiger partial charge in [0, 0.05) is 37.1 Å². The molecule has 2 fully saturated rings. The van der Waals surface area contributed by atoms with Crippen LogP contribution in [0.2, 0.25) is 0 Å². The lowest BCUT2D eigenvalue weighted by Gasteiger charge is -2.33. The molecule has 6 heteroatoms. The number of amidine groups is 1. The molecule has 3 aliphatic rings. The molecule has 2 aliphatic heterocycles. The number of ether oxygens (including phenoxy) is 1. The molecule has 5 rings (SSSR count). The van der Waals surface area contributed by atoms with Crippen molar-refractivity contribution >= 4 is 23.3 Å². The molecule has 0 atom stereocenters. The summed E-state index contributed by atoms with van der Waals surface area (Å²) in [6.07, 6.45) is 8.86. The number of methoxy groups -OCH3 is 1. The van der Waals surface area contributed by atoms with Gasteiger partial charge in [-0.2, -0.15) is 0 Å². The Hall–Kier alpha value is -2.89. The number of carbonyl (C=O) groups is 1. The molecule has 6 nitrogen and oxygen atoms in total. The number of aliphatic imine (C=N–C) groups is 1. The van der Waals surface area contributed by atoms with E-state index in [1.54, 1.807) is 0 Å². The standard InChI is InChI=1S/C24H28N4O2/c1-30-24(29)20-14-17(16-8-9-16)15-26-22(20)27-21-7-5-6-19-18(21)10-11-25-23(19)28-12-3-2-4-13-28/h5-7,14-16H,2-4,8-13H2,1H3,(H,26,27). The van der Waals surface area contributed by atoms with Crippen molar-refractivity contribution in [2.24, 2.45) is 4.99 Å². The molecular formula is C24H28N4O2. The number of esters is 1. The van der Waals surface area contributed by atoms with Crippen LogP contribution in [0.15, 0.2) is 35.5 Å².